The highest BCUT2D eigenvalue weighted by molar-refractivity contribution is 5.91. The topological polar surface area (TPSA) is 69.6 Å². The summed E-state index contributed by atoms with van der Waals surface area (Å²) in [7, 11) is 0. The average molecular weight is 236 g/mol. The molecule has 2 amide bonds. The number of anilines is 1. The highest BCUT2D eigenvalue weighted by Crippen LogP contribution is 2.13. The number of amides is 2. The molecule has 0 bridgehead atoms. The van der Waals surface area contributed by atoms with Crippen molar-refractivity contribution in [3.8, 4) is 0 Å². The number of aryl methyl sites for hydroxylation is 1. The molecule has 5 nitrogen and oxygen atoms in total. The number of carbonyl (C=O) groups excluding carboxylic acids is 1. The number of carboxylic acid groups (broad SMARTS) is 1. The van der Waals surface area contributed by atoms with Gasteiger partial charge in [0.2, 0.25) is 0 Å². The van der Waals surface area contributed by atoms with E-state index in [1.807, 2.05) is 25.1 Å². The summed E-state index contributed by atoms with van der Waals surface area (Å²) in [5.41, 5.74) is 1.63. The van der Waals surface area contributed by atoms with Crippen LogP contribution in [0, 0.1) is 6.92 Å². The second-order valence-corrected chi connectivity index (χ2v) is 3.65. The number of rotatable bonds is 4. The first kappa shape index (κ1) is 13.0. The van der Waals surface area contributed by atoms with Gasteiger partial charge in [0, 0.05) is 12.2 Å². The largest absolute Gasteiger partial charge is 0.480 e. The zero-order valence-electron chi connectivity index (χ0n) is 9.93. The third-order valence-electron chi connectivity index (χ3n) is 2.38. The minimum atomic E-state index is -1.02. The van der Waals surface area contributed by atoms with Gasteiger partial charge in [0.1, 0.15) is 6.54 Å². The molecule has 0 saturated carbocycles. The van der Waals surface area contributed by atoms with E-state index in [4.69, 9.17) is 5.11 Å². The number of likely N-dealkylation sites (N-methyl/N-ethyl adjacent to an activating group) is 1. The Kier molecular flexibility index (Phi) is 4.51. The van der Waals surface area contributed by atoms with Crippen LogP contribution < -0.4 is 5.32 Å². The van der Waals surface area contributed by atoms with E-state index in [-0.39, 0.29) is 6.54 Å². The van der Waals surface area contributed by atoms with Crippen molar-refractivity contribution in [2.24, 2.45) is 0 Å². The van der Waals surface area contributed by atoms with E-state index in [2.05, 4.69) is 5.32 Å². The average Bonchev–Trinajstić information content (AvgIpc) is 2.28. The first-order valence-electron chi connectivity index (χ1n) is 5.38. The molecule has 0 heterocycles. The van der Waals surface area contributed by atoms with Crippen LogP contribution in [0.4, 0.5) is 10.5 Å². The van der Waals surface area contributed by atoms with E-state index in [0.717, 1.165) is 5.56 Å². The molecule has 0 aromatic heterocycles. The van der Waals surface area contributed by atoms with Crippen LogP contribution in [0.25, 0.3) is 0 Å². The quantitative estimate of drug-likeness (QED) is 0.839. The third-order valence-corrected chi connectivity index (χ3v) is 2.38. The van der Waals surface area contributed by atoms with Gasteiger partial charge < -0.3 is 15.3 Å². The lowest BCUT2D eigenvalue weighted by Crippen LogP contribution is -2.38. The van der Waals surface area contributed by atoms with Crippen molar-refractivity contribution in [1.29, 1.82) is 0 Å². The zero-order valence-corrected chi connectivity index (χ0v) is 9.93. The number of aliphatic carboxylic acids is 1. The van der Waals surface area contributed by atoms with Gasteiger partial charge in [-0.25, -0.2) is 4.79 Å². The minimum Gasteiger partial charge on any atom is -0.480 e. The van der Waals surface area contributed by atoms with Gasteiger partial charge in [-0.3, -0.25) is 4.79 Å². The second kappa shape index (κ2) is 5.89. The van der Waals surface area contributed by atoms with E-state index in [9.17, 15) is 9.59 Å². The Hall–Kier alpha value is -2.04. The van der Waals surface area contributed by atoms with Gasteiger partial charge in [0.05, 0.1) is 0 Å². The zero-order chi connectivity index (χ0) is 12.8. The van der Waals surface area contributed by atoms with Crippen LogP contribution in [-0.2, 0) is 4.79 Å². The van der Waals surface area contributed by atoms with Crippen molar-refractivity contribution in [1.82, 2.24) is 4.90 Å². The summed E-state index contributed by atoms with van der Waals surface area (Å²) >= 11 is 0. The van der Waals surface area contributed by atoms with E-state index < -0.39 is 12.0 Å². The fraction of sp³-hybridized carbons (Fsp3) is 0.333. The number of hydrogen-bond donors (Lipinski definition) is 2. The number of nitrogens with one attached hydrogen (secondary N) is 1. The molecule has 1 aromatic rings. The first-order chi connectivity index (χ1) is 8.04. The van der Waals surface area contributed by atoms with Gasteiger partial charge in [-0.2, -0.15) is 0 Å². The van der Waals surface area contributed by atoms with Crippen LogP contribution >= 0.6 is 0 Å². The molecule has 0 fully saturated rings. The van der Waals surface area contributed by atoms with Crippen LogP contribution in [0.2, 0.25) is 0 Å². The number of hydrogen-bond acceptors (Lipinski definition) is 2. The molecule has 92 valence electrons. The van der Waals surface area contributed by atoms with Gasteiger partial charge in [0.25, 0.3) is 0 Å². The van der Waals surface area contributed by atoms with Gasteiger partial charge in [-0.1, -0.05) is 18.2 Å². The molecule has 1 aromatic carbocycles. The first-order valence-corrected chi connectivity index (χ1v) is 5.38. The molecular weight excluding hydrogens is 220 g/mol. The van der Waals surface area contributed by atoms with Crippen LogP contribution in [-0.4, -0.2) is 35.1 Å². The van der Waals surface area contributed by atoms with Gasteiger partial charge in [-0.05, 0) is 25.5 Å². The van der Waals surface area contributed by atoms with E-state index >= 15 is 0 Å². The van der Waals surface area contributed by atoms with Crippen molar-refractivity contribution >= 4 is 17.7 Å². The Labute approximate surface area is 100 Å². The fourth-order valence-electron chi connectivity index (χ4n) is 1.40. The van der Waals surface area contributed by atoms with Crippen molar-refractivity contribution < 1.29 is 14.7 Å². The molecule has 1 rings (SSSR count). The maximum atomic E-state index is 11.8. The lowest BCUT2D eigenvalue weighted by atomic mass is 10.2. The lowest BCUT2D eigenvalue weighted by molar-refractivity contribution is -0.137. The Balaban J connectivity index is 2.71. The van der Waals surface area contributed by atoms with Crippen molar-refractivity contribution in [2.75, 3.05) is 18.4 Å². The highest BCUT2D eigenvalue weighted by atomic mass is 16.4. The van der Waals surface area contributed by atoms with E-state index in [0.29, 0.717) is 12.2 Å². The smallest absolute Gasteiger partial charge is 0.323 e. The summed E-state index contributed by atoms with van der Waals surface area (Å²) in [6.45, 7) is 3.67. The van der Waals surface area contributed by atoms with Gasteiger partial charge in [0.15, 0.2) is 0 Å². The van der Waals surface area contributed by atoms with Gasteiger partial charge >= 0.3 is 12.0 Å². The van der Waals surface area contributed by atoms with Crippen molar-refractivity contribution in [3.63, 3.8) is 0 Å². The SMILES string of the molecule is CCN(CC(=O)O)C(=O)Nc1ccccc1C. The molecule has 0 saturated heterocycles. The Morgan fingerprint density at radius 3 is 2.53 bits per heavy atom. The highest BCUT2D eigenvalue weighted by Gasteiger charge is 2.15. The predicted molar refractivity (Wildman–Crippen MR) is 65.1 cm³/mol. The van der Waals surface area contributed by atoms with E-state index in [1.165, 1.54) is 4.90 Å². The number of carboxylic acids is 1. The summed E-state index contributed by atoms with van der Waals surface area (Å²) in [4.78, 5) is 23.6. The standard InChI is InChI=1S/C12H16N2O3/c1-3-14(8-11(15)16)12(17)13-10-7-5-4-6-9(10)2/h4-7H,3,8H2,1-2H3,(H,13,17)(H,15,16). The summed E-state index contributed by atoms with van der Waals surface area (Å²) in [6, 6.07) is 6.95. The normalized spacial score (nSPS) is 9.76. The maximum Gasteiger partial charge on any atom is 0.323 e. The van der Waals surface area contributed by atoms with Crippen LogP contribution in [0.5, 0.6) is 0 Å². The number of nitrogens with zero attached hydrogens (tertiary/aromatic N) is 1. The fourth-order valence-corrected chi connectivity index (χ4v) is 1.40. The molecule has 0 spiro atoms. The van der Waals surface area contributed by atoms with Crippen molar-refractivity contribution in [3.05, 3.63) is 29.8 Å². The lowest BCUT2D eigenvalue weighted by Gasteiger charge is -2.19. The minimum absolute atomic E-state index is 0.297. The number of para-hydroxylation sites is 1. The molecule has 0 radical (unpaired) electrons. The van der Waals surface area contributed by atoms with E-state index in [1.54, 1.807) is 13.0 Å². The summed E-state index contributed by atoms with van der Waals surface area (Å²) in [6.07, 6.45) is 0. The molecular formula is C12H16N2O3. The van der Waals surface area contributed by atoms with Crippen LogP contribution in [0.3, 0.4) is 0 Å². The summed E-state index contributed by atoms with van der Waals surface area (Å²) in [5, 5.41) is 11.4. The Bertz CT molecular complexity index is 418. The number of urea groups is 1. The number of benzene rings is 1. The second-order valence-electron chi connectivity index (χ2n) is 3.65. The number of carbonyl (C=O) groups is 2. The molecule has 0 aliphatic carbocycles. The van der Waals surface area contributed by atoms with Gasteiger partial charge in [-0.15, -0.1) is 0 Å². The molecule has 0 unspecified atom stereocenters. The molecule has 0 aliphatic heterocycles. The Morgan fingerprint density at radius 1 is 1.35 bits per heavy atom. The predicted octanol–water partition coefficient (Wildman–Crippen LogP) is 1.93. The van der Waals surface area contributed by atoms with Crippen molar-refractivity contribution in [2.45, 2.75) is 13.8 Å². The monoisotopic (exact) mass is 236 g/mol. The third kappa shape index (κ3) is 3.79. The maximum absolute atomic E-state index is 11.8. The summed E-state index contributed by atoms with van der Waals surface area (Å²) in [5.74, 6) is -1.02. The molecule has 0 aliphatic rings. The summed E-state index contributed by atoms with van der Waals surface area (Å²) < 4.78 is 0. The molecule has 5 heteroatoms. The molecule has 2 N–H and O–H groups in total. The molecule has 17 heavy (non-hydrogen) atoms. The Morgan fingerprint density at radius 2 is 2.00 bits per heavy atom. The van der Waals surface area contributed by atoms with Crippen LogP contribution in [0.15, 0.2) is 24.3 Å². The molecule has 0 atom stereocenters. The van der Waals surface area contributed by atoms with Crippen LogP contribution in [0.1, 0.15) is 12.5 Å².